The van der Waals surface area contributed by atoms with Gasteiger partial charge in [0.2, 0.25) is 58.3 Å². The summed E-state index contributed by atoms with van der Waals surface area (Å²) < 4.78 is 110. The molecule has 127 heavy (non-hydrogen) atoms. The summed E-state index contributed by atoms with van der Waals surface area (Å²) in [5.41, 5.74) is 7.44. The molecule has 0 atom stereocenters. The Morgan fingerprint density at radius 3 is 1.13 bits per heavy atom. The van der Waals surface area contributed by atoms with E-state index in [0.717, 1.165) is 164 Å². The van der Waals surface area contributed by atoms with E-state index >= 15 is 0 Å². The Labute approximate surface area is 761 Å². The summed E-state index contributed by atoms with van der Waals surface area (Å²) in [6.45, 7) is 20.0. The van der Waals surface area contributed by atoms with Crippen molar-refractivity contribution >= 4 is 114 Å². The lowest BCUT2D eigenvalue weighted by Gasteiger charge is -2.33. The minimum atomic E-state index is -4.67. The number of likely N-dealkylation sites (N-methyl/N-ethyl adjacent to an activating group) is 5. The molecule has 5 saturated heterocycles. The number of hydrogen-bond donors (Lipinski definition) is 7. The van der Waals surface area contributed by atoms with Gasteiger partial charge in [-0.05, 0) is 68.1 Å². The SMILES string of the molecule is CN1CCN(c2cc(C=O)nc(N(C)C)n2)CC1.CN1CCNCC1.CNC.COC(=O)CC(=O)C(OC)OC.COC(OC)c1cc(=O)[nH]c(SC)n1.COC(OC)c1cc(N2CCN(C)CC2)nc(N(C)C)n1.COC(OC)c1cc(N2CCN(C)CC2)nc(S(C)(=O)=O)n1.COC(OC)c1cc(N2CCN(C)CC2)nc(SC)n1.CSC(=N)N.O=S(=O)(O)O. The van der Waals surface area contributed by atoms with Gasteiger partial charge in [0.15, 0.2) is 27.5 Å². The van der Waals surface area contributed by atoms with E-state index in [0.29, 0.717) is 40.0 Å². The second-order valence-corrected chi connectivity index (χ2v) is 33.5. The zero-order valence-electron chi connectivity index (χ0n) is 78.4. The fourth-order valence-corrected chi connectivity index (χ4v) is 12.4. The van der Waals surface area contributed by atoms with E-state index in [9.17, 15) is 27.6 Å². The van der Waals surface area contributed by atoms with Crippen molar-refractivity contribution < 1.29 is 92.4 Å². The van der Waals surface area contributed by atoms with Crippen LogP contribution in [-0.2, 0) is 81.9 Å². The predicted molar refractivity (Wildman–Crippen MR) is 494 cm³/mol. The minimum absolute atomic E-state index is 0.171. The molecule has 5 fully saturated rings. The summed E-state index contributed by atoms with van der Waals surface area (Å²) >= 11 is 4.13. The monoisotopic (exact) mass is 1900 g/mol. The molecule has 0 amide bonds. The first-order valence-electron chi connectivity index (χ1n) is 39.5. The number of H-pyrrole nitrogens is 1. The van der Waals surface area contributed by atoms with Crippen LogP contribution in [0.1, 0.15) is 64.8 Å². The summed E-state index contributed by atoms with van der Waals surface area (Å²) in [5.74, 6) is 3.49. The van der Waals surface area contributed by atoms with Gasteiger partial charge in [0, 0.05) is 267 Å². The highest BCUT2D eigenvalue weighted by atomic mass is 32.3. The van der Waals surface area contributed by atoms with Gasteiger partial charge >= 0.3 is 16.4 Å². The van der Waals surface area contributed by atoms with Crippen molar-refractivity contribution in [2.75, 3.05) is 341 Å². The van der Waals surface area contributed by atoms with Crippen molar-refractivity contribution in [3.8, 4) is 0 Å². The average molecular weight is 1900 g/mol. The maximum absolute atomic E-state index is 11.8. The Hall–Kier alpha value is -7.53. The van der Waals surface area contributed by atoms with Crippen molar-refractivity contribution in [1.82, 2.24) is 85.0 Å². The number of Topliss-reactive ketones (excluding diaryl/α,β-unsaturated/α-hetero) is 1. The fraction of sp³-hybridized carbons (Fsp3) is 0.684. The maximum Gasteiger partial charge on any atom is 0.394 e. The van der Waals surface area contributed by atoms with Crippen molar-refractivity contribution in [2.45, 2.75) is 53.3 Å². The van der Waals surface area contributed by atoms with Gasteiger partial charge in [0.05, 0.1) is 7.11 Å². The summed E-state index contributed by atoms with van der Waals surface area (Å²) in [5, 5.41) is 13.8. The third-order valence-electron chi connectivity index (χ3n) is 18.0. The van der Waals surface area contributed by atoms with Crippen LogP contribution in [0, 0.1) is 5.41 Å². The van der Waals surface area contributed by atoms with Crippen LogP contribution in [0.5, 0.6) is 0 Å². The summed E-state index contributed by atoms with van der Waals surface area (Å²) in [4.78, 5) is 110. The molecule has 10 heterocycles. The standard InChI is InChI=1S/C14H25N5O2.C13H22N4O4S.C13H22N4O2S.C12H19N5O.C8H12N2O3S.C7H12O5.C5H12N2.C2H6N2S.C2H7N.H2O4S/c1-17(2)14-15-11(13(20-4)21-5)10-12(16-14)19-8-6-18(3)7-9-19;1-16-5-7-17(8-6-16)11-9-10(12(20-2)21-3)14-13(15-11)22(4,18)19;1-16-5-7-17(8-6-16)11-9-10(12(18-2)19-3)14-13(15-11)20-4;1-15(2)12-13-10(9-18)8-11(14-12)17-6-4-16(3)5-7-17;1-12-7(13-2)5-4-6(11)10-8(9-5)14-3;1-10-6(9)4-5(8)7(11-2)12-3;1-7-4-2-6-3-5-7;1-5-2(3)4;1-3-2;1-5(2,3)4/h10,13H,6-9H2,1-5H3;9,12H,5-8H2,1-4H3;9,12H,5-8H2,1-4H3;8-9H,4-7H2,1-3H3;4,7H,1-3H3,(H,9,10,11);7H,4H2,1-3H3;6H,2-5H2,1H3;1H3,(H3,3,4);3H,1-2H3;(H2,1,2,3,4). The molecule has 5 aliphatic heterocycles. The molecule has 51 heteroatoms. The van der Waals surface area contributed by atoms with E-state index in [2.05, 4.69) is 149 Å². The summed E-state index contributed by atoms with van der Waals surface area (Å²) in [7, 11) is 30.0. The first-order valence-corrected chi connectivity index (χ1v) is 46.5. The van der Waals surface area contributed by atoms with Crippen LogP contribution < -0.4 is 51.3 Å². The van der Waals surface area contributed by atoms with E-state index in [-0.39, 0.29) is 22.3 Å². The topological polar surface area (TPSA) is 520 Å². The molecule has 5 aromatic rings. The number of piperazine rings is 5. The lowest BCUT2D eigenvalue weighted by Crippen LogP contribution is -2.45. The van der Waals surface area contributed by atoms with E-state index in [1.807, 2.05) is 81.6 Å². The molecular formula is C76H139N25O21S5. The Bertz CT molecular complexity index is 4200. The highest BCUT2D eigenvalue weighted by Crippen LogP contribution is 2.28. The summed E-state index contributed by atoms with van der Waals surface area (Å²) in [6.07, 6.45) is 3.88. The second-order valence-electron chi connectivity index (χ2n) is 28.3. The number of ketones is 1. The minimum Gasteiger partial charge on any atom is -0.469 e. The third kappa shape index (κ3) is 47.2. The van der Waals surface area contributed by atoms with Crippen molar-refractivity contribution in [1.29, 1.82) is 5.41 Å². The van der Waals surface area contributed by atoms with Crippen LogP contribution in [0.15, 0.2) is 50.6 Å². The van der Waals surface area contributed by atoms with Gasteiger partial charge in [0.25, 0.3) is 5.56 Å². The van der Waals surface area contributed by atoms with E-state index in [4.69, 9.17) is 66.6 Å². The van der Waals surface area contributed by atoms with Gasteiger partial charge in [-0.25, -0.2) is 43.3 Å². The number of ether oxygens (including phenoxy) is 11. The Balaban J connectivity index is 0.000000735. The van der Waals surface area contributed by atoms with E-state index in [1.54, 1.807) is 46.8 Å². The zero-order chi connectivity index (χ0) is 96.1. The quantitative estimate of drug-likeness (QED) is 0.00449. The first-order chi connectivity index (χ1) is 60.1. The van der Waals surface area contributed by atoms with Crippen LogP contribution in [-0.4, -0.2) is 441 Å². The van der Waals surface area contributed by atoms with Crippen LogP contribution in [0.2, 0.25) is 0 Å². The number of anilines is 6. The number of amidine groups is 1. The lowest BCUT2D eigenvalue weighted by molar-refractivity contribution is -0.161. The van der Waals surface area contributed by atoms with Crippen molar-refractivity contribution in [3.63, 3.8) is 0 Å². The molecule has 8 N–H and O–H groups in total. The highest BCUT2D eigenvalue weighted by Gasteiger charge is 2.27. The highest BCUT2D eigenvalue weighted by molar-refractivity contribution is 8.13. The molecule has 10 rings (SSSR count). The van der Waals surface area contributed by atoms with Crippen molar-refractivity contribution in [3.05, 3.63) is 69.2 Å². The smallest absolute Gasteiger partial charge is 0.394 e. The fourth-order valence-electron chi connectivity index (χ4n) is 11.1. The van der Waals surface area contributed by atoms with E-state index in [1.165, 1.54) is 104 Å². The zero-order valence-corrected chi connectivity index (χ0v) is 82.5. The number of methoxy groups -OCH3 is 11. The Kier molecular flexibility index (Phi) is 59.5. The number of nitrogens with one attached hydrogen (secondary N) is 4. The van der Waals surface area contributed by atoms with Gasteiger partial charge < -0.3 is 127 Å². The number of sulfone groups is 1. The van der Waals surface area contributed by atoms with Gasteiger partial charge in [-0.2, -0.15) is 18.4 Å². The van der Waals surface area contributed by atoms with Crippen LogP contribution in [0.3, 0.4) is 0 Å². The molecule has 0 unspecified atom stereocenters. The number of carbonyl (C=O) groups is 3. The first kappa shape index (κ1) is 117. The molecule has 724 valence electrons. The number of nitrogens with two attached hydrogens (primary N) is 1. The molecule has 0 radical (unpaired) electrons. The Morgan fingerprint density at radius 1 is 0.504 bits per heavy atom. The van der Waals surface area contributed by atoms with Crippen LogP contribution >= 0.6 is 35.3 Å². The van der Waals surface area contributed by atoms with Gasteiger partial charge in [-0.1, -0.05) is 35.3 Å². The molecular weight excluding hydrogens is 1760 g/mol. The maximum atomic E-state index is 11.8. The predicted octanol–water partition coefficient (Wildman–Crippen LogP) is 1.33. The number of aromatic amines is 1. The van der Waals surface area contributed by atoms with Gasteiger partial charge in [-0.3, -0.25) is 33.7 Å². The van der Waals surface area contributed by atoms with E-state index < -0.39 is 63.4 Å². The largest absolute Gasteiger partial charge is 0.469 e. The van der Waals surface area contributed by atoms with Gasteiger partial charge in [0.1, 0.15) is 58.2 Å². The number of nitrogens with zero attached hydrogens (tertiary/aromatic N) is 20. The molecule has 5 aromatic heterocycles. The van der Waals surface area contributed by atoms with Gasteiger partial charge in [-0.15, -0.1) is 0 Å². The van der Waals surface area contributed by atoms with Crippen LogP contribution in [0.25, 0.3) is 0 Å². The average Bonchev–Trinajstić information content (AvgIpc) is 0.837. The third-order valence-corrected chi connectivity index (χ3v) is 20.4. The molecule has 46 nitrogen and oxygen atoms in total. The molecule has 0 spiro atoms. The molecule has 5 aliphatic rings. The number of aldehydes is 1. The number of rotatable bonds is 27. The normalized spacial score (nSPS) is 15.2. The molecule has 0 aliphatic carbocycles. The second kappa shape index (κ2) is 64.3. The number of hydrogen-bond acceptors (Lipinski definition) is 45. The number of esters is 1. The number of thioether (sulfide) groups is 3. The van der Waals surface area contributed by atoms with Crippen molar-refractivity contribution in [2.24, 2.45) is 5.73 Å². The number of aromatic nitrogens is 10. The molecule has 0 bridgehead atoms. The lowest BCUT2D eigenvalue weighted by atomic mass is 10.3. The molecule has 0 aromatic carbocycles. The Morgan fingerprint density at radius 2 is 0.827 bits per heavy atom. The van der Waals surface area contributed by atoms with Crippen LogP contribution in [0.4, 0.5) is 35.2 Å². The summed E-state index contributed by atoms with van der Waals surface area (Å²) in [6, 6.07) is 8.75. The number of carbonyl (C=O) groups excluding carboxylic acids is 3. The molecule has 0 saturated carbocycles.